The molecule has 3 nitrogen and oxygen atoms in total. The lowest BCUT2D eigenvalue weighted by atomic mass is 9.74. The summed E-state index contributed by atoms with van der Waals surface area (Å²) in [5.74, 6) is 0.00840. The van der Waals surface area contributed by atoms with E-state index in [0.717, 1.165) is 11.3 Å². The fraction of sp³-hybridized carbons (Fsp3) is 0.500. The zero-order valence-electron chi connectivity index (χ0n) is 9.89. The first-order valence-electron chi connectivity index (χ1n) is 5.24. The average molecular weight is 239 g/mol. The van der Waals surface area contributed by atoms with Gasteiger partial charge in [0.15, 0.2) is 0 Å². The third-order valence-corrected chi connectivity index (χ3v) is 3.32. The first-order valence-corrected chi connectivity index (χ1v) is 5.62. The highest BCUT2D eigenvalue weighted by Crippen LogP contribution is 2.37. The number of hydrogen-bond acceptors (Lipinski definition) is 2. The van der Waals surface area contributed by atoms with E-state index in [9.17, 15) is 4.79 Å². The lowest BCUT2D eigenvalue weighted by Crippen LogP contribution is -2.55. The number of hydrogen-bond donors (Lipinski definition) is 1. The van der Waals surface area contributed by atoms with E-state index in [4.69, 9.17) is 11.6 Å². The average Bonchev–Trinajstić information content (AvgIpc) is 2.14. The number of carbonyl (C=O) groups is 1. The van der Waals surface area contributed by atoms with Crippen molar-refractivity contribution >= 4 is 17.5 Å². The van der Waals surface area contributed by atoms with E-state index < -0.39 is 11.0 Å². The van der Waals surface area contributed by atoms with E-state index in [1.165, 1.54) is 0 Å². The molecule has 0 saturated heterocycles. The van der Waals surface area contributed by atoms with E-state index in [-0.39, 0.29) is 5.91 Å². The maximum Gasteiger partial charge on any atom is 0.230 e. The predicted molar refractivity (Wildman–Crippen MR) is 63.4 cm³/mol. The molecule has 1 N–H and O–H groups in total. The Bertz CT molecular complexity index is 466. The first-order chi connectivity index (χ1) is 7.25. The van der Waals surface area contributed by atoms with Crippen LogP contribution in [0.2, 0.25) is 5.02 Å². The molecule has 0 bridgehead atoms. The van der Waals surface area contributed by atoms with Crippen LogP contribution in [0.25, 0.3) is 0 Å². The van der Waals surface area contributed by atoms with Gasteiger partial charge >= 0.3 is 0 Å². The zero-order chi connectivity index (χ0) is 12.1. The van der Waals surface area contributed by atoms with Crippen LogP contribution in [0.1, 0.15) is 39.0 Å². The molecule has 1 aromatic heterocycles. The van der Waals surface area contributed by atoms with Gasteiger partial charge in [-0.05, 0) is 39.3 Å². The SMILES string of the molecule is CC1(C)NC(=O)C(C)(C)c2cc(Cl)cnc21. The highest BCUT2D eigenvalue weighted by atomic mass is 35.5. The van der Waals surface area contributed by atoms with E-state index in [1.807, 2.05) is 33.8 Å². The molecule has 0 unspecified atom stereocenters. The topological polar surface area (TPSA) is 42.0 Å². The van der Waals surface area contributed by atoms with E-state index >= 15 is 0 Å². The van der Waals surface area contributed by atoms with Gasteiger partial charge in [0.05, 0.1) is 21.7 Å². The number of fused-ring (bicyclic) bond motifs is 1. The summed E-state index contributed by atoms with van der Waals surface area (Å²) in [5, 5.41) is 3.54. The van der Waals surface area contributed by atoms with Gasteiger partial charge < -0.3 is 5.32 Å². The van der Waals surface area contributed by atoms with Crippen LogP contribution < -0.4 is 5.32 Å². The molecule has 0 radical (unpaired) electrons. The summed E-state index contributed by atoms with van der Waals surface area (Å²) < 4.78 is 0. The third kappa shape index (κ3) is 1.50. The number of halogens is 1. The Morgan fingerprint density at radius 3 is 2.56 bits per heavy atom. The summed E-state index contributed by atoms with van der Waals surface area (Å²) in [6, 6.07) is 1.84. The molecule has 0 aliphatic carbocycles. The van der Waals surface area contributed by atoms with Gasteiger partial charge in [0.2, 0.25) is 5.91 Å². The molecule has 0 saturated carbocycles. The van der Waals surface area contributed by atoms with Crippen molar-refractivity contribution in [1.29, 1.82) is 0 Å². The number of rotatable bonds is 0. The summed E-state index contributed by atoms with van der Waals surface area (Å²) in [5.41, 5.74) is 0.783. The minimum absolute atomic E-state index is 0.00840. The molecule has 1 aliphatic rings. The number of carbonyl (C=O) groups excluding carboxylic acids is 1. The van der Waals surface area contributed by atoms with Gasteiger partial charge in [0.25, 0.3) is 0 Å². The molecule has 2 rings (SSSR count). The summed E-state index contributed by atoms with van der Waals surface area (Å²) in [6.07, 6.45) is 1.62. The summed E-state index contributed by atoms with van der Waals surface area (Å²) in [7, 11) is 0. The summed E-state index contributed by atoms with van der Waals surface area (Å²) in [6.45, 7) is 7.66. The smallest absolute Gasteiger partial charge is 0.230 e. The largest absolute Gasteiger partial charge is 0.345 e. The second-order valence-electron chi connectivity index (χ2n) is 5.25. The molecule has 1 aliphatic heterocycles. The Balaban J connectivity index is 2.73. The van der Waals surface area contributed by atoms with E-state index in [1.54, 1.807) is 6.20 Å². The fourth-order valence-electron chi connectivity index (χ4n) is 2.04. The predicted octanol–water partition coefficient (Wildman–Crippen LogP) is 2.38. The van der Waals surface area contributed by atoms with Crippen molar-refractivity contribution in [2.75, 3.05) is 0 Å². The summed E-state index contributed by atoms with van der Waals surface area (Å²) in [4.78, 5) is 16.4. The molecular weight excluding hydrogens is 224 g/mol. The molecule has 4 heteroatoms. The number of nitrogens with zero attached hydrogens (tertiary/aromatic N) is 1. The van der Waals surface area contributed by atoms with Crippen LogP contribution in [0.5, 0.6) is 0 Å². The molecule has 0 atom stereocenters. The number of aromatic nitrogens is 1. The van der Waals surface area contributed by atoms with Crippen molar-refractivity contribution in [3.8, 4) is 0 Å². The van der Waals surface area contributed by atoms with Crippen LogP contribution >= 0.6 is 11.6 Å². The minimum atomic E-state index is -0.581. The maximum absolute atomic E-state index is 12.0. The van der Waals surface area contributed by atoms with Crippen LogP contribution in [-0.2, 0) is 15.7 Å². The van der Waals surface area contributed by atoms with Crippen LogP contribution in [-0.4, -0.2) is 10.9 Å². The molecule has 86 valence electrons. The summed E-state index contributed by atoms with van der Waals surface area (Å²) >= 11 is 5.95. The van der Waals surface area contributed by atoms with Crippen molar-refractivity contribution in [3.63, 3.8) is 0 Å². The molecule has 0 aromatic carbocycles. The van der Waals surface area contributed by atoms with Crippen LogP contribution in [0, 0.1) is 0 Å². The standard InChI is InChI=1S/C12H15ClN2O/c1-11(2)8-5-7(13)6-14-9(8)12(3,4)15-10(11)16/h5-6H,1-4H3,(H,15,16). The maximum atomic E-state index is 12.0. The normalized spacial score (nSPS) is 21.2. The zero-order valence-corrected chi connectivity index (χ0v) is 10.6. The Labute approximate surface area is 100 Å². The lowest BCUT2D eigenvalue weighted by Gasteiger charge is -2.40. The molecule has 1 amide bonds. The molecular formula is C12H15ClN2O. The lowest BCUT2D eigenvalue weighted by molar-refractivity contribution is -0.128. The second-order valence-corrected chi connectivity index (χ2v) is 5.69. The van der Waals surface area contributed by atoms with Crippen LogP contribution in [0.15, 0.2) is 12.3 Å². The Morgan fingerprint density at radius 1 is 1.31 bits per heavy atom. The van der Waals surface area contributed by atoms with Gasteiger partial charge in [-0.15, -0.1) is 0 Å². The highest BCUT2D eigenvalue weighted by molar-refractivity contribution is 6.30. The van der Waals surface area contributed by atoms with Gasteiger partial charge in [-0.1, -0.05) is 11.6 Å². The van der Waals surface area contributed by atoms with Gasteiger partial charge in [0.1, 0.15) is 0 Å². The van der Waals surface area contributed by atoms with Crippen molar-refractivity contribution in [2.24, 2.45) is 0 Å². The fourth-order valence-corrected chi connectivity index (χ4v) is 2.19. The minimum Gasteiger partial charge on any atom is -0.345 e. The van der Waals surface area contributed by atoms with Gasteiger partial charge in [-0.2, -0.15) is 0 Å². The van der Waals surface area contributed by atoms with Gasteiger partial charge in [-0.25, -0.2) is 0 Å². The number of pyridine rings is 1. The Hall–Kier alpha value is -1.09. The van der Waals surface area contributed by atoms with Crippen LogP contribution in [0.4, 0.5) is 0 Å². The first kappa shape index (κ1) is 11.4. The van der Waals surface area contributed by atoms with E-state index in [2.05, 4.69) is 10.3 Å². The van der Waals surface area contributed by atoms with Gasteiger partial charge in [-0.3, -0.25) is 9.78 Å². The molecule has 1 aromatic rings. The van der Waals surface area contributed by atoms with Crippen molar-refractivity contribution in [1.82, 2.24) is 10.3 Å². The Kier molecular flexibility index (Phi) is 2.28. The molecule has 2 heterocycles. The van der Waals surface area contributed by atoms with Crippen LogP contribution in [0.3, 0.4) is 0 Å². The Morgan fingerprint density at radius 2 is 1.94 bits per heavy atom. The molecule has 0 fully saturated rings. The van der Waals surface area contributed by atoms with Gasteiger partial charge in [0, 0.05) is 6.20 Å². The number of amides is 1. The highest BCUT2D eigenvalue weighted by Gasteiger charge is 2.44. The van der Waals surface area contributed by atoms with E-state index in [0.29, 0.717) is 5.02 Å². The third-order valence-electron chi connectivity index (χ3n) is 3.11. The van der Waals surface area contributed by atoms with Crippen molar-refractivity contribution in [3.05, 3.63) is 28.5 Å². The quantitative estimate of drug-likeness (QED) is 0.754. The molecule has 0 spiro atoms. The monoisotopic (exact) mass is 238 g/mol. The van der Waals surface area contributed by atoms with Crippen molar-refractivity contribution in [2.45, 2.75) is 38.6 Å². The number of nitrogens with one attached hydrogen (secondary N) is 1. The van der Waals surface area contributed by atoms with Crippen molar-refractivity contribution < 1.29 is 4.79 Å². The molecule has 16 heavy (non-hydrogen) atoms. The second kappa shape index (κ2) is 3.20.